The Morgan fingerprint density at radius 3 is 2.70 bits per heavy atom. The van der Waals surface area contributed by atoms with Gasteiger partial charge in [-0.1, -0.05) is 22.0 Å². The summed E-state index contributed by atoms with van der Waals surface area (Å²) in [6.45, 7) is 6.16. The summed E-state index contributed by atoms with van der Waals surface area (Å²) < 4.78 is 25.8. The van der Waals surface area contributed by atoms with E-state index in [1.165, 1.54) is 6.07 Å². The molecule has 1 amide bonds. The standard InChI is InChI=1S/C25H26BrFN4O2/c1-25(2,3)33-24(32)30-11-5-6-20(30)15-7-9-17(18(27)12-15)19-14-31-21-10-8-16(26)13-22(21)29(4)23(31)28-19/h7-10,12-14,20H,5-6,11H2,1-4H3. The number of aryl methyl sites for hydroxylation is 1. The molecule has 0 N–H and O–H groups in total. The number of rotatable bonds is 2. The number of imidazole rings is 2. The SMILES string of the molecule is Cn1c2cc(Br)ccc2n2cc(-c3ccc(C4CCCN4C(=O)OC(C)(C)C)cc3F)nc12. The molecule has 1 unspecified atom stereocenters. The molecule has 8 heteroatoms. The van der Waals surface area contributed by atoms with Crippen molar-refractivity contribution in [3.8, 4) is 11.3 Å². The Morgan fingerprint density at radius 2 is 1.97 bits per heavy atom. The van der Waals surface area contributed by atoms with Crippen molar-refractivity contribution in [3.05, 3.63) is 58.4 Å². The van der Waals surface area contributed by atoms with Crippen molar-refractivity contribution in [1.29, 1.82) is 0 Å². The number of nitrogens with zero attached hydrogens (tertiary/aromatic N) is 4. The van der Waals surface area contributed by atoms with Crippen LogP contribution in [0.5, 0.6) is 0 Å². The fraction of sp³-hybridized carbons (Fsp3) is 0.360. The van der Waals surface area contributed by atoms with Crippen molar-refractivity contribution >= 4 is 38.8 Å². The Bertz CT molecular complexity index is 1380. The Labute approximate surface area is 200 Å². The van der Waals surface area contributed by atoms with Gasteiger partial charge in [-0.3, -0.25) is 4.40 Å². The third-order valence-electron chi connectivity index (χ3n) is 6.08. The molecule has 5 rings (SSSR count). The highest BCUT2D eigenvalue weighted by molar-refractivity contribution is 9.10. The number of carbonyl (C=O) groups excluding carboxylic acids is 1. The van der Waals surface area contributed by atoms with Gasteiger partial charge in [0.2, 0.25) is 5.78 Å². The highest BCUT2D eigenvalue weighted by Crippen LogP contribution is 2.35. The zero-order valence-electron chi connectivity index (χ0n) is 19.1. The van der Waals surface area contributed by atoms with Crippen LogP contribution in [0.25, 0.3) is 28.1 Å². The van der Waals surface area contributed by atoms with E-state index in [4.69, 9.17) is 9.72 Å². The van der Waals surface area contributed by atoms with Gasteiger partial charge in [0, 0.05) is 29.8 Å². The summed E-state index contributed by atoms with van der Waals surface area (Å²) in [5.41, 5.74) is 3.27. The van der Waals surface area contributed by atoms with E-state index in [2.05, 4.69) is 15.9 Å². The summed E-state index contributed by atoms with van der Waals surface area (Å²) in [7, 11) is 1.95. The first-order chi connectivity index (χ1) is 15.6. The first kappa shape index (κ1) is 21.9. The summed E-state index contributed by atoms with van der Waals surface area (Å²) in [6, 6.07) is 11.0. The summed E-state index contributed by atoms with van der Waals surface area (Å²) in [5, 5.41) is 0. The number of amides is 1. The van der Waals surface area contributed by atoms with E-state index in [1.807, 2.05) is 67.2 Å². The minimum absolute atomic E-state index is 0.188. The first-order valence-electron chi connectivity index (χ1n) is 11.0. The summed E-state index contributed by atoms with van der Waals surface area (Å²) >= 11 is 3.51. The number of ether oxygens (including phenoxy) is 1. The molecule has 6 nitrogen and oxygen atoms in total. The second-order valence-corrected chi connectivity index (χ2v) is 10.5. The summed E-state index contributed by atoms with van der Waals surface area (Å²) in [6.07, 6.45) is 3.16. The van der Waals surface area contributed by atoms with Crippen molar-refractivity contribution in [2.24, 2.45) is 7.05 Å². The molecule has 172 valence electrons. The van der Waals surface area contributed by atoms with E-state index in [0.717, 1.165) is 39.7 Å². The van der Waals surface area contributed by atoms with E-state index in [-0.39, 0.29) is 18.0 Å². The molecule has 33 heavy (non-hydrogen) atoms. The van der Waals surface area contributed by atoms with Crippen LogP contribution in [0.4, 0.5) is 9.18 Å². The van der Waals surface area contributed by atoms with Crippen LogP contribution in [-0.4, -0.2) is 37.1 Å². The number of fused-ring (bicyclic) bond motifs is 3. The average Bonchev–Trinajstić information content (AvgIpc) is 3.44. The van der Waals surface area contributed by atoms with E-state index in [9.17, 15) is 4.79 Å². The van der Waals surface area contributed by atoms with Crippen LogP contribution >= 0.6 is 15.9 Å². The third-order valence-corrected chi connectivity index (χ3v) is 6.57. The molecule has 0 saturated carbocycles. The van der Waals surface area contributed by atoms with Gasteiger partial charge in [-0.25, -0.2) is 14.2 Å². The number of likely N-dealkylation sites (tertiary alicyclic amines) is 1. The maximum atomic E-state index is 15.3. The molecule has 0 spiro atoms. The number of carbonyl (C=O) groups is 1. The number of hydrogen-bond acceptors (Lipinski definition) is 3. The summed E-state index contributed by atoms with van der Waals surface area (Å²) in [4.78, 5) is 19.1. The van der Waals surface area contributed by atoms with Crippen LogP contribution in [0.15, 0.2) is 47.1 Å². The quantitative estimate of drug-likeness (QED) is 0.309. The monoisotopic (exact) mass is 512 g/mol. The second kappa shape index (κ2) is 7.87. The third kappa shape index (κ3) is 3.90. The van der Waals surface area contributed by atoms with Gasteiger partial charge >= 0.3 is 6.09 Å². The number of aromatic nitrogens is 3. The molecule has 1 aliphatic heterocycles. The lowest BCUT2D eigenvalue weighted by atomic mass is 10.0. The topological polar surface area (TPSA) is 51.8 Å². The van der Waals surface area contributed by atoms with Crippen LogP contribution in [0.2, 0.25) is 0 Å². The van der Waals surface area contributed by atoms with Crippen LogP contribution < -0.4 is 0 Å². The van der Waals surface area contributed by atoms with Crippen molar-refractivity contribution in [2.45, 2.75) is 45.3 Å². The first-order valence-corrected chi connectivity index (χ1v) is 11.8. The van der Waals surface area contributed by atoms with Crippen LogP contribution in [0, 0.1) is 5.82 Å². The minimum atomic E-state index is -0.567. The highest BCUT2D eigenvalue weighted by atomic mass is 79.9. The maximum Gasteiger partial charge on any atom is 0.410 e. The van der Waals surface area contributed by atoms with Gasteiger partial charge in [0.15, 0.2) is 0 Å². The van der Waals surface area contributed by atoms with E-state index >= 15 is 4.39 Å². The van der Waals surface area contributed by atoms with Crippen molar-refractivity contribution in [2.75, 3.05) is 6.54 Å². The number of benzene rings is 2. The van der Waals surface area contributed by atoms with E-state index < -0.39 is 5.60 Å². The molecule has 0 radical (unpaired) electrons. The van der Waals surface area contributed by atoms with E-state index in [1.54, 1.807) is 11.0 Å². The Morgan fingerprint density at radius 1 is 1.18 bits per heavy atom. The highest BCUT2D eigenvalue weighted by Gasteiger charge is 2.33. The molecule has 1 fully saturated rings. The molecule has 3 heterocycles. The zero-order chi connectivity index (χ0) is 23.5. The van der Waals surface area contributed by atoms with Gasteiger partial charge in [0.05, 0.1) is 22.8 Å². The maximum absolute atomic E-state index is 15.3. The average molecular weight is 513 g/mol. The molecule has 1 saturated heterocycles. The molecule has 1 aliphatic rings. The number of hydrogen-bond donors (Lipinski definition) is 0. The lowest BCUT2D eigenvalue weighted by Crippen LogP contribution is -2.36. The minimum Gasteiger partial charge on any atom is -0.444 e. The van der Waals surface area contributed by atoms with Crippen molar-refractivity contribution < 1.29 is 13.9 Å². The molecule has 0 bridgehead atoms. The molecule has 2 aromatic carbocycles. The second-order valence-electron chi connectivity index (χ2n) is 9.56. The lowest BCUT2D eigenvalue weighted by Gasteiger charge is -2.29. The number of halogens is 2. The normalized spacial score (nSPS) is 16.8. The lowest BCUT2D eigenvalue weighted by molar-refractivity contribution is 0.0224. The molecule has 4 aromatic rings. The Kier molecular flexibility index (Phi) is 5.23. The van der Waals surface area contributed by atoms with Crippen LogP contribution in [0.3, 0.4) is 0 Å². The van der Waals surface area contributed by atoms with E-state index in [0.29, 0.717) is 17.8 Å². The predicted molar refractivity (Wildman–Crippen MR) is 130 cm³/mol. The molecular formula is C25H26BrFN4O2. The van der Waals surface area contributed by atoms with Gasteiger partial charge in [-0.2, -0.15) is 0 Å². The fourth-order valence-electron chi connectivity index (χ4n) is 4.59. The van der Waals surface area contributed by atoms with Gasteiger partial charge in [-0.05, 0) is 69.5 Å². The Balaban J connectivity index is 1.47. The molecular weight excluding hydrogens is 487 g/mol. The summed E-state index contributed by atoms with van der Waals surface area (Å²) in [5.74, 6) is 0.396. The molecule has 1 atom stereocenters. The largest absolute Gasteiger partial charge is 0.444 e. The van der Waals surface area contributed by atoms with Gasteiger partial charge < -0.3 is 14.2 Å². The fourth-order valence-corrected chi connectivity index (χ4v) is 4.94. The smallest absolute Gasteiger partial charge is 0.410 e. The van der Waals surface area contributed by atoms with Crippen LogP contribution in [0.1, 0.15) is 45.2 Å². The van der Waals surface area contributed by atoms with Crippen molar-refractivity contribution in [1.82, 2.24) is 18.9 Å². The van der Waals surface area contributed by atoms with Crippen LogP contribution in [-0.2, 0) is 11.8 Å². The molecule has 0 aliphatic carbocycles. The van der Waals surface area contributed by atoms with Crippen molar-refractivity contribution in [3.63, 3.8) is 0 Å². The van der Waals surface area contributed by atoms with Gasteiger partial charge in [0.1, 0.15) is 11.4 Å². The van der Waals surface area contributed by atoms with Gasteiger partial charge in [-0.15, -0.1) is 0 Å². The molecule has 2 aromatic heterocycles. The zero-order valence-corrected chi connectivity index (χ0v) is 20.7. The Hall–Kier alpha value is -2.87. The predicted octanol–water partition coefficient (Wildman–Crippen LogP) is 6.47. The van der Waals surface area contributed by atoms with Gasteiger partial charge in [0.25, 0.3) is 0 Å².